The molecule has 0 fully saturated rings. The fourth-order valence-corrected chi connectivity index (χ4v) is 2.90. The van der Waals surface area contributed by atoms with Gasteiger partial charge in [0.25, 0.3) is 0 Å². The summed E-state index contributed by atoms with van der Waals surface area (Å²) in [6, 6.07) is 8.39. The first-order chi connectivity index (χ1) is 9.22. The predicted molar refractivity (Wildman–Crippen MR) is 81.4 cm³/mol. The number of nitrogens with zero attached hydrogens (tertiary/aromatic N) is 3. The summed E-state index contributed by atoms with van der Waals surface area (Å²) >= 11 is 1.80. The molecule has 0 bridgehead atoms. The van der Waals surface area contributed by atoms with Crippen LogP contribution in [-0.4, -0.2) is 20.5 Å². The van der Waals surface area contributed by atoms with Crippen molar-refractivity contribution in [1.82, 2.24) is 14.8 Å². The summed E-state index contributed by atoms with van der Waals surface area (Å²) in [6.45, 7) is 4.32. The van der Waals surface area contributed by atoms with Gasteiger partial charge >= 0.3 is 0 Å². The first kappa shape index (κ1) is 14.1. The second-order valence-corrected chi connectivity index (χ2v) is 5.85. The van der Waals surface area contributed by atoms with Gasteiger partial charge < -0.3 is 4.57 Å². The molecule has 1 aromatic carbocycles. The van der Waals surface area contributed by atoms with E-state index in [0.29, 0.717) is 0 Å². The molecule has 0 atom stereocenters. The molecule has 0 saturated heterocycles. The zero-order chi connectivity index (χ0) is 13.7. The van der Waals surface area contributed by atoms with Crippen LogP contribution in [0.2, 0.25) is 0 Å². The zero-order valence-corrected chi connectivity index (χ0v) is 12.7. The Morgan fingerprint density at radius 2 is 2.05 bits per heavy atom. The van der Waals surface area contributed by atoms with Gasteiger partial charge in [0, 0.05) is 18.4 Å². The lowest BCUT2D eigenvalue weighted by Crippen LogP contribution is -1.95. The standard InChI is InChI=1S/C15H21N3S/c1-4-5-6-10-19-15-17-16-14(18(15)3)13-9-7-8-12(2)11-13/h7-9,11H,4-6,10H2,1-3H3. The lowest BCUT2D eigenvalue weighted by molar-refractivity contribution is 0.767. The van der Waals surface area contributed by atoms with Gasteiger partial charge in [-0.25, -0.2) is 0 Å². The maximum absolute atomic E-state index is 4.32. The quantitative estimate of drug-likeness (QED) is 0.588. The highest BCUT2D eigenvalue weighted by Gasteiger charge is 2.10. The second-order valence-electron chi connectivity index (χ2n) is 4.79. The van der Waals surface area contributed by atoms with Crippen LogP contribution in [0.1, 0.15) is 31.7 Å². The molecule has 2 rings (SSSR count). The molecule has 0 unspecified atom stereocenters. The molecule has 19 heavy (non-hydrogen) atoms. The van der Waals surface area contributed by atoms with Crippen LogP contribution in [0, 0.1) is 6.92 Å². The van der Waals surface area contributed by atoms with Gasteiger partial charge in [-0.3, -0.25) is 0 Å². The van der Waals surface area contributed by atoms with E-state index in [9.17, 15) is 0 Å². The van der Waals surface area contributed by atoms with Gasteiger partial charge in [-0.15, -0.1) is 10.2 Å². The second kappa shape index (κ2) is 6.75. The average Bonchev–Trinajstić information content (AvgIpc) is 2.76. The van der Waals surface area contributed by atoms with Crippen molar-refractivity contribution in [2.45, 2.75) is 38.3 Å². The monoisotopic (exact) mass is 275 g/mol. The number of aryl methyl sites for hydroxylation is 1. The first-order valence-corrected chi connectivity index (χ1v) is 7.80. The Kier molecular flexibility index (Phi) is 5.02. The van der Waals surface area contributed by atoms with Crippen LogP contribution in [0.3, 0.4) is 0 Å². The van der Waals surface area contributed by atoms with Crippen LogP contribution < -0.4 is 0 Å². The summed E-state index contributed by atoms with van der Waals surface area (Å²) in [6.07, 6.45) is 3.79. The Balaban J connectivity index is 2.10. The molecule has 0 radical (unpaired) electrons. The average molecular weight is 275 g/mol. The smallest absolute Gasteiger partial charge is 0.191 e. The first-order valence-electron chi connectivity index (χ1n) is 6.81. The summed E-state index contributed by atoms with van der Waals surface area (Å²) in [4.78, 5) is 0. The van der Waals surface area contributed by atoms with E-state index in [1.807, 2.05) is 7.05 Å². The molecule has 0 aliphatic carbocycles. The Morgan fingerprint density at radius 1 is 1.21 bits per heavy atom. The molecule has 0 aliphatic heterocycles. The molecule has 3 nitrogen and oxygen atoms in total. The summed E-state index contributed by atoms with van der Waals surface area (Å²) in [5.41, 5.74) is 2.38. The largest absolute Gasteiger partial charge is 0.305 e. The van der Waals surface area contributed by atoms with Crippen molar-refractivity contribution in [3.63, 3.8) is 0 Å². The molecule has 2 aromatic rings. The minimum atomic E-state index is 0.946. The van der Waals surface area contributed by atoms with Crippen LogP contribution in [0.4, 0.5) is 0 Å². The molecule has 0 aliphatic rings. The van der Waals surface area contributed by atoms with Crippen LogP contribution in [0.15, 0.2) is 29.4 Å². The topological polar surface area (TPSA) is 30.7 Å². The van der Waals surface area contributed by atoms with Crippen molar-refractivity contribution in [1.29, 1.82) is 0 Å². The summed E-state index contributed by atoms with van der Waals surface area (Å²) < 4.78 is 2.09. The number of benzene rings is 1. The van der Waals surface area contributed by atoms with Crippen molar-refractivity contribution >= 4 is 11.8 Å². The van der Waals surface area contributed by atoms with E-state index < -0.39 is 0 Å². The molecule has 1 heterocycles. The molecule has 0 saturated carbocycles. The van der Waals surface area contributed by atoms with Gasteiger partial charge in [0.15, 0.2) is 11.0 Å². The number of rotatable bonds is 6. The molecule has 4 heteroatoms. The Morgan fingerprint density at radius 3 is 2.79 bits per heavy atom. The van der Waals surface area contributed by atoms with Gasteiger partial charge in [0.2, 0.25) is 0 Å². The molecule has 1 aromatic heterocycles. The van der Waals surface area contributed by atoms with Crippen LogP contribution in [0.5, 0.6) is 0 Å². The maximum atomic E-state index is 4.32. The lowest BCUT2D eigenvalue weighted by atomic mass is 10.1. The van der Waals surface area contributed by atoms with E-state index in [0.717, 1.165) is 22.3 Å². The van der Waals surface area contributed by atoms with Crippen molar-refractivity contribution in [3.05, 3.63) is 29.8 Å². The number of aromatic nitrogens is 3. The third-order valence-corrected chi connectivity index (χ3v) is 4.20. The molecule has 0 spiro atoms. The maximum Gasteiger partial charge on any atom is 0.191 e. The summed E-state index contributed by atoms with van der Waals surface area (Å²) in [5.74, 6) is 2.06. The third kappa shape index (κ3) is 3.60. The SMILES string of the molecule is CCCCCSc1nnc(-c2cccc(C)c2)n1C. The van der Waals surface area contributed by atoms with Crippen molar-refractivity contribution in [2.24, 2.45) is 7.05 Å². The van der Waals surface area contributed by atoms with E-state index >= 15 is 0 Å². The van der Waals surface area contributed by atoms with Crippen molar-refractivity contribution in [3.8, 4) is 11.4 Å². The fourth-order valence-electron chi connectivity index (χ4n) is 1.99. The van der Waals surface area contributed by atoms with Gasteiger partial charge in [-0.05, 0) is 19.4 Å². The highest BCUT2D eigenvalue weighted by Crippen LogP contribution is 2.23. The number of hydrogen-bond acceptors (Lipinski definition) is 3. The normalized spacial score (nSPS) is 10.9. The fraction of sp³-hybridized carbons (Fsp3) is 0.467. The van der Waals surface area contributed by atoms with Gasteiger partial charge in [-0.1, -0.05) is 55.3 Å². The zero-order valence-electron chi connectivity index (χ0n) is 11.9. The van der Waals surface area contributed by atoms with E-state index in [4.69, 9.17) is 0 Å². The summed E-state index contributed by atoms with van der Waals surface area (Å²) in [5, 5.41) is 9.62. The molecular formula is C15H21N3S. The Hall–Kier alpha value is -1.29. The van der Waals surface area contributed by atoms with Crippen molar-refractivity contribution in [2.75, 3.05) is 5.75 Å². The van der Waals surface area contributed by atoms with Crippen LogP contribution in [0.25, 0.3) is 11.4 Å². The number of thioether (sulfide) groups is 1. The lowest BCUT2D eigenvalue weighted by Gasteiger charge is -2.04. The van der Waals surface area contributed by atoms with Gasteiger partial charge in [-0.2, -0.15) is 0 Å². The van der Waals surface area contributed by atoms with Crippen molar-refractivity contribution < 1.29 is 0 Å². The summed E-state index contributed by atoms with van der Waals surface area (Å²) in [7, 11) is 2.04. The molecule has 102 valence electrons. The van der Waals surface area contributed by atoms with Crippen LogP contribution >= 0.6 is 11.8 Å². The number of unbranched alkanes of at least 4 members (excludes halogenated alkanes) is 2. The van der Waals surface area contributed by atoms with E-state index in [1.54, 1.807) is 11.8 Å². The van der Waals surface area contributed by atoms with Gasteiger partial charge in [0.05, 0.1) is 0 Å². The minimum absolute atomic E-state index is 0.946. The molecule has 0 N–H and O–H groups in total. The van der Waals surface area contributed by atoms with E-state index in [-0.39, 0.29) is 0 Å². The highest BCUT2D eigenvalue weighted by atomic mass is 32.2. The molecule has 0 amide bonds. The Bertz CT molecular complexity index is 534. The highest BCUT2D eigenvalue weighted by molar-refractivity contribution is 7.99. The van der Waals surface area contributed by atoms with E-state index in [1.165, 1.54) is 24.8 Å². The Labute approximate surface area is 119 Å². The van der Waals surface area contributed by atoms with E-state index in [2.05, 4.69) is 52.9 Å². The third-order valence-electron chi connectivity index (χ3n) is 3.09. The number of hydrogen-bond donors (Lipinski definition) is 0. The molecular weight excluding hydrogens is 254 g/mol. The van der Waals surface area contributed by atoms with Crippen LogP contribution in [-0.2, 0) is 7.05 Å². The predicted octanol–water partition coefficient (Wildman–Crippen LogP) is 4.07. The van der Waals surface area contributed by atoms with Gasteiger partial charge in [0.1, 0.15) is 0 Å². The minimum Gasteiger partial charge on any atom is -0.305 e.